The summed E-state index contributed by atoms with van der Waals surface area (Å²) in [6.07, 6.45) is -0.934. The molecule has 0 spiro atoms. The summed E-state index contributed by atoms with van der Waals surface area (Å²) in [4.78, 5) is 26.2. The minimum absolute atomic E-state index is 0.000810. The Hall–Kier alpha value is -3.15. The first kappa shape index (κ1) is 22.1. The van der Waals surface area contributed by atoms with Crippen molar-refractivity contribution in [2.45, 2.75) is 11.0 Å². The summed E-state index contributed by atoms with van der Waals surface area (Å²) in [7, 11) is -1.68. The molecule has 0 unspecified atom stereocenters. The first-order chi connectivity index (χ1) is 15.3. The summed E-state index contributed by atoms with van der Waals surface area (Å²) >= 11 is 0. The summed E-state index contributed by atoms with van der Waals surface area (Å²) in [5, 5.41) is 0. The van der Waals surface area contributed by atoms with Gasteiger partial charge in [-0.1, -0.05) is 18.2 Å². The molecule has 2 aromatic rings. The zero-order valence-electron chi connectivity index (χ0n) is 17.5. The normalized spacial score (nSPS) is 19.2. The van der Waals surface area contributed by atoms with Crippen molar-refractivity contribution in [1.29, 1.82) is 0 Å². The van der Waals surface area contributed by atoms with Gasteiger partial charge in [-0.15, -0.1) is 0 Å². The Kier molecular flexibility index (Phi) is 6.31. The minimum Gasteiger partial charge on any atom is -0.485 e. The molecule has 1 atom stereocenters. The third-order valence-corrected chi connectivity index (χ3v) is 7.30. The van der Waals surface area contributed by atoms with E-state index in [1.54, 1.807) is 24.3 Å². The van der Waals surface area contributed by atoms with Crippen molar-refractivity contribution in [2.24, 2.45) is 0 Å². The molecule has 2 aliphatic heterocycles. The predicted octanol–water partition coefficient (Wildman–Crippen LogP) is -1.19. The van der Waals surface area contributed by atoms with E-state index in [1.165, 1.54) is 33.5 Å². The molecule has 11 heteroatoms. The van der Waals surface area contributed by atoms with Gasteiger partial charge in [0.1, 0.15) is 6.61 Å². The standard InChI is InChI=1S/C21H24N4O6S/c1-24-9-11-25(12-10-24)32(28,29)16-6-4-5-15(13-16)20(26)22-23-21(27)19-14-30-17-7-2-3-8-18(17)31-19/h2-8,13,19H,9-12,14H2,1H3,(H,22,26)(H,23,27)/p+1/t19-/m1/s1. The second-order valence-electron chi connectivity index (χ2n) is 7.70. The second kappa shape index (κ2) is 9.15. The van der Waals surface area contributed by atoms with Crippen LogP contribution in [0.3, 0.4) is 0 Å². The molecule has 1 fully saturated rings. The van der Waals surface area contributed by atoms with Crippen LogP contribution in [-0.4, -0.2) is 70.5 Å². The number of piperazine rings is 1. The highest BCUT2D eigenvalue weighted by atomic mass is 32.2. The molecule has 3 N–H and O–H groups in total. The molecule has 32 heavy (non-hydrogen) atoms. The highest BCUT2D eigenvalue weighted by Crippen LogP contribution is 2.30. The number of amides is 2. The topological polar surface area (TPSA) is 118 Å². The SMILES string of the molecule is C[NH+]1CCN(S(=O)(=O)c2cccc(C(=O)NNC(=O)[C@H]3COc4ccccc4O3)c2)CC1. The number of hydrazine groups is 1. The highest BCUT2D eigenvalue weighted by molar-refractivity contribution is 7.89. The van der Waals surface area contributed by atoms with E-state index in [4.69, 9.17) is 9.47 Å². The second-order valence-corrected chi connectivity index (χ2v) is 9.63. The van der Waals surface area contributed by atoms with Gasteiger partial charge >= 0.3 is 0 Å². The third-order valence-electron chi connectivity index (χ3n) is 5.41. The summed E-state index contributed by atoms with van der Waals surface area (Å²) in [6.45, 7) is 2.30. The molecule has 0 saturated carbocycles. The summed E-state index contributed by atoms with van der Waals surface area (Å²) in [5.41, 5.74) is 4.71. The van der Waals surface area contributed by atoms with Crippen LogP contribution in [0.4, 0.5) is 0 Å². The molecule has 170 valence electrons. The Morgan fingerprint density at radius 3 is 2.50 bits per heavy atom. The first-order valence-corrected chi connectivity index (χ1v) is 11.7. The number of likely N-dealkylation sites (N-methyl/N-ethyl adjacent to an activating group) is 1. The lowest BCUT2D eigenvalue weighted by Crippen LogP contribution is -3.12. The number of hydrogen-bond donors (Lipinski definition) is 3. The molecular weight excluding hydrogens is 436 g/mol. The van der Waals surface area contributed by atoms with Gasteiger partial charge in [0, 0.05) is 5.56 Å². The Morgan fingerprint density at radius 2 is 1.75 bits per heavy atom. The fourth-order valence-electron chi connectivity index (χ4n) is 3.47. The van der Waals surface area contributed by atoms with Crippen molar-refractivity contribution in [3.63, 3.8) is 0 Å². The monoisotopic (exact) mass is 461 g/mol. The molecule has 2 amide bonds. The zero-order valence-corrected chi connectivity index (χ0v) is 18.4. The van der Waals surface area contributed by atoms with Crippen LogP contribution in [0.15, 0.2) is 53.4 Å². The fourth-order valence-corrected chi connectivity index (χ4v) is 4.96. The van der Waals surface area contributed by atoms with E-state index in [2.05, 4.69) is 10.9 Å². The maximum Gasteiger partial charge on any atom is 0.283 e. The first-order valence-electron chi connectivity index (χ1n) is 10.2. The van der Waals surface area contributed by atoms with Crippen LogP contribution < -0.4 is 25.2 Å². The van der Waals surface area contributed by atoms with E-state index < -0.39 is 27.9 Å². The molecule has 1 saturated heterocycles. The highest BCUT2D eigenvalue weighted by Gasteiger charge is 2.30. The Bertz CT molecular complexity index is 1110. The van der Waals surface area contributed by atoms with Crippen LogP contribution in [0.25, 0.3) is 0 Å². The summed E-state index contributed by atoms with van der Waals surface area (Å²) < 4.78 is 38.4. The maximum absolute atomic E-state index is 12.9. The molecule has 10 nitrogen and oxygen atoms in total. The van der Waals surface area contributed by atoms with Crippen molar-refractivity contribution >= 4 is 21.8 Å². The average molecular weight is 462 g/mol. The number of quaternary nitrogens is 1. The molecule has 2 heterocycles. The lowest BCUT2D eigenvalue weighted by Gasteiger charge is -2.29. The Labute approximate surface area is 186 Å². The van der Waals surface area contributed by atoms with Crippen molar-refractivity contribution < 1.29 is 32.4 Å². The van der Waals surface area contributed by atoms with E-state index >= 15 is 0 Å². The minimum atomic E-state index is -3.70. The summed E-state index contributed by atoms with van der Waals surface area (Å²) in [5.74, 6) is -0.249. The molecule has 0 radical (unpaired) electrons. The Morgan fingerprint density at radius 1 is 1.03 bits per heavy atom. The number of ether oxygens (including phenoxy) is 2. The van der Waals surface area contributed by atoms with Crippen LogP contribution in [-0.2, 0) is 14.8 Å². The van der Waals surface area contributed by atoms with E-state index in [0.29, 0.717) is 24.6 Å². The smallest absolute Gasteiger partial charge is 0.283 e. The van der Waals surface area contributed by atoms with Gasteiger partial charge in [-0.25, -0.2) is 8.42 Å². The van der Waals surface area contributed by atoms with E-state index in [9.17, 15) is 18.0 Å². The van der Waals surface area contributed by atoms with Crippen LogP contribution in [0, 0.1) is 0 Å². The number of rotatable bonds is 4. The number of nitrogens with zero attached hydrogens (tertiary/aromatic N) is 1. The lowest BCUT2D eigenvalue weighted by atomic mass is 10.2. The quantitative estimate of drug-likeness (QED) is 0.493. The number of carbonyl (C=O) groups is 2. The van der Waals surface area contributed by atoms with Gasteiger partial charge in [0.15, 0.2) is 11.5 Å². The van der Waals surface area contributed by atoms with Crippen molar-refractivity contribution in [3.05, 3.63) is 54.1 Å². The number of nitrogens with one attached hydrogen (secondary N) is 3. The molecule has 0 aromatic heterocycles. The lowest BCUT2D eigenvalue weighted by molar-refractivity contribution is -0.883. The molecule has 0 bridgehead atoms. The Balaban J connectivity index is 1.37. The van der Waals surface area contributed by atoms with Crippen LogP contribution in [0.2, 0.25) is 0 Å². The summed E-state index contributed by atoms with van der Waals surface area (Å²) in [6, 6.07) is 12.7. The molecule has 2 aliphatic rings. The van der Waals surface area contributed by atoms with Gasteiger partial charge in [-0.3, -0.25) is 20.4 Å². The number of sulfonamides is 1. The van der Waals surface area contributed by atoms with E-state index in [0.717, 1.165) is 13.1 Å². The number of para-hydroxylation sites is 2. The molecular formula is C21H25N4O6S+. The van der Waals surface area contributed by atoms with Crippen molar-refractivity contribution in [3.8, 4) is 11.5 Å². The predicted molar refractivity (Wildman–Crippen MR) is 114 cm³/mol. The fraction of sp³-hybridized carbons (Fsp3) is 0.333. The maximum atomic E-state index is 12.9. The van der Waals surface area contributed by atoms with Crippen LogP contribution in [0.5, 0.6) is 11.5 Å². The van der Waals surface area contributed by atoms with E-state index in [-0.39, 0.29) is 17.1 Å². The molecule has 2 aromatic carbocycles. The van der Waals surface area contributed by atoms with Gasteiger partial charge in [0.05, 0.1) is 38.1 Å². The average Bonchev–Trinajstić information content (AvgIpc) is 2.82. The van der Waals surface area contributed by atoms with Gasteiger partial charge in [-0.05, 0) is 30.3 Å². The largest absolute Gasteiger partial charge is 0.485 e. The number of carbonyl (C=O) groups excluding carboxylic acids is 2. The molecule has 4 rings (SSSR count). The number of fused-ring (bicyclic) bond motifs is 1. The molecule has 0 aliphatic carbocycles. The number of hydrogen-bond acceptors (Lipinski definition) is 6. The van der Waals surface area contributed by atoms with Gasteiger partial charge in [0.2, 0.25) is 16.1 Å². The van der Waals surface area contributed by atoms with Crippen molar-refractivity contribution in [2.75, 3.05) is 39.8 Å². The van der Waals surface area contributed by atoms with Gasteiger partial charge in [-0.2, -0.15) is 4.31 Å². The number of benzene rings is 2. The zero-order chi connectivity index (χ0) is 22.7. The van der Waals surface area contributed by atoms with Crippen molar-refractivity contribution in [1.82, 2.24) is 15.2 Å². The van der Waals surface area contributed by atoms with Crippen LogP contribution >= 0.6 is 0 Å². The van der Waals surface area contributed by atoms with Crippen LogP contribution in [0.1, 0.15) is 10.4 Å². The third kappa shape index (κ3) is 4.69. The van der Waals surface area contributed by atoms with Gasteiger partial charge in [0.25, 0.3) is 11.8 Å². The van der Waals surface area contributed by atoms with E-state index in [1.807, 2.05) is 7.05 Å². The van der Waals surface area contributed by atoms with Gasteiger partial charge < -0.3 is 14.4 Å².